The summed E-state index contributed by atoms with van der Waals surface area (Å²) < 4.78 is 0.570. The van der Waals surface area contributed by atoms with E-state index in [1.807, 2.05) is 36.1 Å². The summed E-state index contributed by atoms with van der Waals surface area (Å²) in [6, 6.07) is 8.01. The number of anilines is 2. The molecule has 0 fully saturated rings. The molecule has 0 saturated carbocycles. The van der Waals surface area contributed by atoms with E-state index in [0.717, 1.165) is 22.9 Å². The lowest BCUT2D eigenvalue weighted by Gasteiger charge is -2.21. The van der Waals surface area contributed by atoms with Gasteiger partial charge in [-0.3, -0.25) is 0 Å². The molecule has 0 bridgehead atoms. The predicted molar refractivity (Wildman–Crippen MR) is 92.1 cm³/mol. The third-order valence-electron chi connectivity index (χ3n) is 2.50. The molecule has 0 radical (unpaired) electrons. The quantitative estimate of drug-likeness (QED) is 0.641. The van der Waals surface area contributed by atoms with Crippen molar-refractivity contribution in [2.45, 2.75) is 20.8 Å². The van der Waals surface area contributed by atoms with E-state index >= 15 is 0 Å². The molecule has 1 aromatic rings. The van der Waals surface area contributed by atoms with Crippen LogP contribution in [0.3, 0.4) is 0 Å². The van der Waals surface area contributed by atoms with Crippen LogP contribution in [0, 0.1) is 5.92 Å². The van der Waals surface area contributed by atoms with E-state index in [4.69, 9.17) is 24.4 Å². The molecule has 5 heteroatoms. The third kappa shape index (κ3) is 4.23. The first-order chi connectivity index (χ1) is 8.45. The first-order valence-electron chi connectivity index (χ1n) is 5.87. The van der Waals surface area contributed by atoms with Crippen molar-refractivity contribution in [3.63, 3.8) is 0 Å². The number of hydrogen-bond donors (Lipinski definition) is 2. The normalized spacial score (nSPS) is 10.3. The number of rotatable bonds is 4. The Morgan fingerprint density at radius 2 is 2.06 bits per heavy atom. The lowest BCUT2D eigenvalue weighted by atomic mass is 10.2. The number of thiocarbonyl (C=S) groups is 2. The van der Waals surface area contributed by atoms with Gasteiger partial charge in [-0.2, -0.15) is 0 Å². The second-order valence-electron chi connectivity index (χ2n) is 4.22. The Morgan fingerprint density at radius 3 is 2.56 bits per heavy atom. The fourth-order valence-corrected chi connectivity index (χ4v) is 2.08. The highest BCUT2D eigenvalue weighted by Crippen LogP contribution is 2.21. The maximum Gasteiger partial charge on any atom is 0.137 e. The molecule has 0 atom stereocenters. The van der Waals surface area contributed by atoms with Crippen LogP contribution in [0.2, 0.25) is 0 Å². The van der Waals surface area contributed by atoms with Crippen molar-refractivity contribution in [1.29, 1.82) is 0 Å². The van der Waals surface area contributed by atoms with Gasteiger partial charge in [-0.15, -0.1) is 12.6 Å². The lowest BCUT2D eigenvalue weighted by Crippen LogP contribution is -2.25. The molecule has 0 heterocycles. The van der Waals surface area contributed by atoms with Crippen molar-refractivity contribution in [3.8, 4) is 0 Å². The SMILES string of the molecule is CCN(C(=S)S)c1cccc(NC(=S)C(C)C)c1. The van der Waals surface area contributed by atoms with Gasteiger partial charge in [0, 0.05) is 23.8 Å². The Morgan fingerprint density at radius 1 is 1.39 bits per heavy atom. The average Bonchev–Trinajstić information content (AvgIpc) is 2.29. The Kier molecular flexibility index (Phi) is 6.05. The second-order valence-corrected chi connectivity index (χ2v) is 5.77. The summed E-state index contributed by atoms with van der Waals surface area (Å²) in [5.41, 5.74) is 2.00. The summed E-state index contributed by atoms with van der Waals surface area (Å²) in [4.78, 5) is 2.80. The van der Waals surface area contributed by atoms with Crippen molar-refractivity contribution >= 4 is 57.7 Å². The van der Waals surface area contributed by atoms with Gasteiger partial charge in [0.15, 0.2) is 0 Å². The Labute approximate surface area is 125 Å². The first kappa shape index (κ1) is 15.4. The Hall–Kier alpha value is -0.650. The van der Waals surface area contributed by atoms with E-state index in [-0.39, 0.29) is 0 Å². The summed E-state index contributed by atoms with van der Waals surface area (Å²) >= 11 is 14.6. The van der Waals surface area contributed by atoms with E-state index in [1.165, 1.54) is 0 Å². The molecule has 98 valence electrons. The van der Waals surface area contributed by atoms with Crippen LogP contribution >= 0.6 is 37.1 Å². The van der Waals surface area contributed by atoms with Crippen LogP contribution < -0.4 is 10.2 Å². The molecule has 0 aliphatic rings. The fraction of sp³-hybridized carbons (Fsp3) is 0.385. The first-order valence-corrected chi connectivity index (χ1v) is 7.13. The van der Waals surface area contributed by atoms with Crippen LogP contribution in [-0.2, 0) is 0 Å². The zero-order valence-corrected chi connectivity index (χ0v) is 13.3. The largest absolute Gasteiger partial charge is 0.350 e. The van der Waals surface area contributed by atoms with E-state index in [1.54, 1.807) is 0 Å². The number of benzene rings is 1. The van der Waals surface area contributed by atoms with Gasteiger partial charge in [0.2, 0.25) is 0 Å². The van der Waals surface area contributed by atoms with Crippen molar-refractivity contribution in [1.82, 2.24) is 0 Å². The van der Waals surface area contributed by atoms with E-state index in [0.29, 0.717) is 10.2 Å². The average molecular weight is 299 g/mol. The number of thiol groups is 1. The summed E-state index contributed by atoms with van der Waals surface area (Å²) in [6.45, 7) is 6.97. The topological polar surface area (TPSA) is 15.3 Å². The van der Waals surface area contributed by atoms with Gasteiger partial charge in [-0.25, -0.2) is 0 Å². The summed E-state index contributed by atoms with van der Waals surface area (Å²) in [6.07, 6.45) is 0. The predicted octanol–water partition coefficient (Wildman–Crippen LogP) is 4.12. The molecule has 0 aliphatic heterocycles. The van der Waals surface area contributed by atoms with Gasteiger partial charge in [0.25, 0.3) is 0 Å². The van der Waals surface area contributed by atoms with Crippen molar-refractivity contribution in [2.24, 2.45) is 5.92 Å². The highest BCUT2D eigenvalue weighted by atomic mass is 32.1. The van der Waals surface area contributed by atoms with Crippen LogP contribution in [0.25, 0.3) is 0 Å². The minimum absolute atomic E-state index is 0.330. The van der Waals surface area contributed by atoms with Gasteiger partial charge >= 0.3 is 0 Å². The molecule has 0 amide bonds. The molecule has 0 aliphatic carbocycles. The molecular weight excluding hydrogens is 280 g/mol. The van der Waals surface area contributed by atoms with Crippen molar-refractivity contribution in [2.75, 3.05) is 16.8 Å². The van der Waals surface area contributed by atoms with E-state index in [9.17, 15) is 0 Å². The number of nitrogens with one attached hydrogen (secondary N) is 1. The Bertz CT molecular complexity index is 444. The summed E-state index contributed by atoms with van der Waals surface area (Å²) in [5.74, 6) is 0.330. The van der Waals surface area contributed by atoms with Crippen LogP contribution in [0.4, 0.5) is 11.4 Å². The van der Waals surface area contributed by atoms with Crippen LogP contribution in [0.1, 0.15) is 20.8 Å². The monoisotopic (exact) mass is 298 g/mol. The zero-order chi connectivity index (χ0) is 13.7. The molecule has 2 nitrogen and oxygen atoms in total. The molecule has 0 unspecified atom stereocenters. The minimum atomic E-state index is 0.330. The van der Waals surface area contributed by atoms with Gasteiger partial charge in [-0.1, -0.05) is 44.3 Å². The van der Waals surface area contributed by atoms with Gasteiger partial charge in [-0.05, 0) is 25.1 Å². The van der Waals surface area contributed by atoms with Crippen LogP contribution in [0.5, 0.6) is 0 Å². The maximum absolute atomic E-state index is 5.28. The number of nitrogens with zero attached hydrogens (tertiary/aromatic N) is 1. The van der Waals surface area contributed by atoms with Gasteiger partial charge in [0.1, 0.15) is 4.32 Å². The lowest BCUT2D eigenvalue weighted by molar-refractivity contribution is 0.898. The maximum atomic E-state index is 5.28. The summed E-state index contributed by atoms with van der Waals surface area (Å²) in [7, 11) is 0. The fourth-order valence-electron chi connectivity index (χ4n) is 1.47. The zero-order valence-electron chi connectivity index (χ0n) is 10.8. The standard InChI is InChI=1S/C13H18N2S3/c1-4-15(13(17)18)11-7-5-6-10(8-11)14-12(16)9(2)3/h5-9H,4H2,1-3H3,(H,14,16)(H,17,18). The van der Waals surface area contributed by atoms with Crippen LogP contribution in [-0.4, -0.2) is 15.9 Å². The van der Waals surface area contributed by atoms with Crippen LogP contribution in [0.15, 0.2) is 24.3 Å². The molecule has 1 aromatic carbocycles. The van der Waals surface area contributed by atoms with Crippen molar-refractivity contribution in [3.05, 3.63) is 24.3 Å². The highest BCUT2D eigenvalue weighted by Gasteiger charge is 2.08. The summed E-state index contributed by atoms with van der Waals surface area (Å²) in [5, 5.41) is 3.24. The Balaban J connectivity index is 2.91. The van der Waals surface area contributed by atoms with Crippen molar-refractivity contribution < 1.29 is 0 Å². The smallest absolute Gasteiger partial charge is 0.137 e. The molecule has 0 spiro atoms. The third-order valence-corrected chi connectivity index (χ3v) is 3.53. The molecular formula is C13H18N2S3. The number of hydrogen-bond acceptors (Lipinski definition) is 2. The highest BCUT2D eigenvalue weighted by molar-refractivity contribution is 8.11. The molecule has 1 N–H and O–H groups in total. The molecule has 1 rings (SSSR count). The van der Waals surface area contributed by atoms with Gasteiger partial charge < -0.3 is 10.2 Å². The molecule has 0 saturated heterocycles. The minimum Gasteiger partial charge on any atom is -0.350 e. The molecule has 18 heavy (non-hydrogen) atoms. The van der Waals surface area contributed by atoms with Gasteiger partial charge in [0.05, 0.1) is 4.99 Å². The second kappa shape index (κ2) is 7.07. The van der Waals surface area contributed by atoms with E-state index in [2.05, 4.69) is 31.8 Å². The van der Waals surface area contributed by atoms with E-state index < -0.39 is 0 Å². The molecule has 0 aromatic heterocycles.